The van der Waals surface area contributed by atoms with Gasteiger partial charge in [-0.15, -0.1) is 0 Å². The number of rotatable bonds is 4. The average molecular weight is 371 g/mol. The Morgan fingerprint density at radius 3 is 2.96 bits per heavy atom. The monoisotopic (exact) mass is 370 g/mol. The molecule has 4 heteroatoms. The van der Waals surface area contributed by atoms with Crippen molar-refractivity contribution in [2.45, 2.75) is 0 Å². The molecule has 0 bridgehead atoms. The van der Waals surface area contributed by atoms with Crippen molar-refractivity contribution in [3.8, 4) is 11.5 Å². The highest BCUT2D eigenvalue weighted by Gasteiger charge is 2.10. The van der Waals surface area contributed by atoms with Crippen LogP contribution in [0.4, 0.5) is 0 Å². The highest BCUT2D eigenvalue weighted by molar-refractivity contribution is 9.10. The highest BCUT2D eigenvalue weighted by Crippen LogP contribution is 2.29. The molecule has 0 unspecified atom stereocenters. The lowest BCUT2D eigenvalue weighted by Gasteiger charge is -2.16. The van der Waals surface area contributed by atoms with E-state index in [4.69, 9.17) is 9.47 Å². The average Bonchev–Trinajstić information content (AvgIpc) is 2.59. The lowest BCUT2D eigenvalue weighted by Crippen LogP contribution is -2.06. The van der Waals surface area contributed by atoms with Gasteiger partial charge in [0.1, 0.15) is 18.1 Å². The van der Waals surface area contributed by atoms with Crippen molar-refractivity contribution in [2.75, 3.05) is 13.7 Å². The topological polar surface area (TPSA) is 35.5 Å². The summed E-state index contributed by atoms with van der Waals surface area (Å²) in [5, 5.41) is 0. The minimum Gasteiger partial charge on any atom is -0.497 e. The first-order valence-corrected chi connectivity index (χ1v) is 7.94. The summed E-state index contributed by atoms with van der Waals surface area (Å²) in [5.41, 5.74) is 2.55. The molecule has 0 aliphatic carbocycles. The Morgan fingerprint density at radius 1 is 1.26 bits per heavy atom. The molecule has 0 saturated heterocycles. The van der Waals surface area contributed by atoms with E-state index in [1.165, 1.54) is 0 Å². The molecule has 116 valence electrons. The van der Waals surface area contributed by atoms with Gasteiger partial charge in [-0.05, 0) is 48.1 Å². The van der Waals surface area contributed by atoms with Crippen LogP contribution in [-0.2, 0) is 0 Å². The quantitative estimate of drug-likeness (QED) is 0.579. The van der Waals surface area contributed by atoms with Gasteiger partial charge in [0.25, 0.3) is 0 Å². The maximum atomic E-state index is 12.2. The van der Waals surface area contributed by atoms with Crippen LogP contribution in [-0.4, -0.2) is 19.5 Å². The number of ketones is 1. The molecule has 1 aliphatic heterocycles. The fourth-order valence-corrected chi connectivity index (χ4v) is 2.70. The Kier molecular flexibility index (Phi) is 4.63. The minimum atomic E-state index is -0.0650. The number of hydrogen-bond donors (Lipinski definition) is 0. The van der Waals surface area contributed by atoms with E-state index in [0.717, 1.165) is 21.4 Å². The van der Waals surface area contributed by atoms with Gasteiger partial charge in [0.2, 0.25) is 0 Å². The standard InChI is InChI=1S/C19H15BrO3/c1-22-17-4-2-3-14(11-17)18(21)7-5-13-9-15-10-16(20)6-8-19(15)23-12-13/h2-11H,12H2,1H3/b7-5+. The predicted octanol–water partition coefficient (Wildman–Crippen LogP) is 4.67. The van der Waals surface area contributed by atoms with Crippen LogP contribution in [0.15, 0.2) is 64.7 Å². The first kappa shape index (κ1) is 15.6. The Hall–Kier alpha value is -2.33. The summed E-state index contributed by atoms with van der Waals surface area (Å²) >= 11 is 3.45. The zero-order valence-corrected chi connectivity index (χ0v) is 14.2. The number of hydrogen-bond acceptors (Lipinski definition) is 3. The maximum Gasteiger partial charge on any atom is 0.185 e. The molecule has 0 N–H and O–H groups in total. The van der Waals surface area contributed by atoms with E-state index in [9.17, 15) is 4.79 Å². The maximum absolute atomic E-state index is 12.2. The smallest absolute Gasteiger partial charge is 0.185 e. The molecule has 0 radical (unpaired) electrons. The zero-order valence-electron chi connectivity index (χ0n) is 12.6. The fraction of sp³-hybridized carbons (Fsp3) is 0.105. The summed E-state index contributed by atoms with van der Waals surface area (Å²) in [5.74, 6) is 1.46. The number of ether oxygens (including phenoxy) is 2. The molecule has 2 aromatic carbocycles. The van der Waals surface area contributed by atoms with Gasteiger partial charge in [0.05, 0.1) is 7.11 Å². The number of allylic oxidation sites excluding steroid dienone is 1. The lowest BCUT2D eigenvalue weighted by atomic mass is 10.1. The van der Waals surface area contributed by atoms with E-state index in [1.807, 2.05) is 30.3 Å². The van der Waals surface area contributed by atoms with Crippen LogP contribution in [0.5, 0.6) is 11.5 Å². The molecule has 3 nitrogen and oxygen atoms in total. The van der Waals surface area contributed by atoms with E-state index in [-0.39, 0.29) is 5.78 Å². The third-order valence-corrected chi connectivity index (χ3v) is 4.00. The highest BCUT2D eigenvalue weighted by atomic mass is 79.9. The Balaban J connectivity index is 1.78. The normalized spacial score (nSPS) is 13.2. The SMILES string of the molecule is COc1cccc(C(=O)/C=C/C2=Cc3cc(Br)ccc3OC2)c1. The third-order valence-electron chi connectivity index (χ3n) is 3.51. The Bertz CT molecular complexity index is 806. The number of halogens is 1. The van der Waals surface area contributed by atoms with Crippen LogP contribution >= 0.6 is 15.9 Å². The van der Waals surface area contributed by atoms with Crippen molar-refractivity contribution in [1.82, 2.24) is 0 Å². The van der Waals surface area contributed by atoms with Gasteiger partial charge in [-0.25, -0.2) is 0 Å². The van der Waals surface area contributed by atoms with Crippen LogP contribution in [0.1, 0.15) is 15.9 Å². The molecular formula is C19H15BrO3. The second-order valence-electron chi connectivity index (χ2n) is 5.12. The van der Waals surface area contributed by atoms with Crippen molar-refractivity contribution in [1.29, 1.82) is 0 Å². The number of benzene rings is 2. The molecule has 0 amide bonds. The fourth-order valence-electron chi connectivity index (χ4n) is 2.32. The second-order valence-corrected chi connectivity index (χ2v) is 6.04. The molecule has 0 fully saturated rings. The summed E-state index contributed by atoms with van der Waals surface area (Å²) in [7, 11) is 1.58. The van der Waals surface area contributed by atoms with E-state index in [2.05, 4.69) is 15.9 Å². The molecule has 1 aliphatic rings. The van der Waals surface area contributed by atoms with E-state index < -0.39 is 0 Å². The second kappa shape index (κ2) is 6.84. The number of fused-ring (bicyclic) bond motifs is 1. The lowest BCUT2D eigenvalue weighted by molar-refractivity contribution is 0.104. The first-order valence-electron chi connectivity index (χ1n) is 7.15. The van der Waals surface area contributed by atoms with Gasteiger partial charge in [-0.3, -0.25) is 4.79 Å². The molecule has 0 aromatic heterocycles. The van der Waals surface area contributed by atoms with E-state index in [0.29, 0.717) is 17.9 Å². The molecular weight excluding hydrogens is 356 g/mol. The van der Waals surface area contributed by atoms with Crippen LogP contribution < -0.4 is 9.47 Å². The number of carbonyl (C=O) groups excluding carboxylic acids is 1. The van der Waals surface area contributed by atoms with Crippen LogP contribution in [0.2, 0.25) is 0 Å². The van der Waals surface area contributed by atoms with Gasteiger partial charge in [0, 0.05) is 15.6 Å². The van der Waals surface area contributed by atoms with Gasteiger partial charge in [-0.2, -0.15) is 0 Å². The summed E-state index contributed by atoms with van der Waals surface area (Å²) in [4.78, 5) is 12.2. The first-order chi connectivity index (χ1) is 11.2. The number of methoxy groups -OCH3 is 1. The summed E-state index contributed by atoms with van der Waals surface area (Å²) < 4.78 is 11.8. The molecule has 23 heavy (non-hydrogen) atoms. The molecule has 1 heterocycles. The van der Waals surface area contributed by atoms with Crippen molar-refractivity contribution in [3.05, 3.63) is 75.8 Å². The zero-order chi connectivity index (χ0) is 16.2. The summed E-state index contributed by atoms with van der Waals surface area (Å²) in [6, 6.07) is 13.0. The Labute approximate surface area is 143 Å². The molecule has 3 rings (SSSR count). The van der Waals surface area contributed by atoms with Gasteiger partial charge >= 0.3 is 0 Å². The van der Waals surface area contributed by atoms with Crippen molar-refractivity contribution in [2.24, 2.45) is 0 Å². The van der Waals surface area contributed by atoms with Crippen LogP contribution in [0.25, 0.3) is 6.08 Å². The van der Waals surface area contributed by atoms with Gasteiger partial charge in [-0.1, -0.05) is 34.1 Å². The van der Waals surface area contributed by atoms with Crippen molar-refractivity contribution >= 4 is 27.8 Å². The summed E-state index contributed by atoms with van der Waals surface area (Å²) in [6.45, 7) is 0.455. The third kappa shape index (κ3) is 3.71. The van der Waals surface area contributed by atoms with E-state index >= 15 is 0 Å². The van der Waals surface area contributed by atoms with Gasteiger partial charge in [0.15, 0.2) is 5.78 Å². The number of carbonyl (C=O) groups is 1. The van der Waals surface area contributed by atoms with E-state index in [1.54, 1.807) is 37.5 Å². The summed E-state index contributed by atoms with van der Waals surface area (Å²) in [6.07, 6.45) is 5.39. The van der Waals surface area contributed by atoms with Crippen LogP contribution in [0.3, 0.4) is 0 Å². The Morgan fingerprint density at radius 2 is 2.13 bits per heavy atom. The van der Waals surface area contributed by atoms with Crippen LogP contribution in [0, 0.1) is 0 Å². The van der Waals surface area contributed by atoms with Crippen molar-refractivity contribution < 1.29 is 14.3 Å². The molecule has 0 atom stereocenters. The minimum absolute atomic E-state index is 0.0650. The molecule has 0 saturated carbocycles. The molecule has 0 spiro atoms. The largest absolute Gasteiger partial charge is 0.497 e. The molecule has 2 aromatic rings. The predicted molar refractivity (Wildman–Crippen MR) is 94.1 cm³/mol. The van der Waals surface area contributed by atoms with Gasteiger partial charge < -0.3 is 9.47 Å². The van der Waals surface area contributed by atoms with Crippen molar-refractivity contribution in [3.63, 3.8) is 0 Å².